The van der Waals surface area contributed by atoms with Crippen molar-refractivity contribution in [3.05, 3.63) is 42.5 Å². The van der Waals surface area contributed by atoms with Gasteiger partial charge in [0.2, 0.25) is 5.82 Å². The summed E-state index contributed by atoms with van der Waals surface area (Å²) < 4.78 is 9.70. The maximum atomic E-state index is 5.93. The van der Waals surface area contributed by atoms with E-state index in [2.05, 4.69) is 15.4 Å². The van der Waals surface area contributed by atoms with Gasteiger partial charge in [0, 0.05) is 37.8 Å². The topological polar surface area (TPSA) is 82.7 Å². The largest absolute Gasteiger partial charge is 0.375 e. The molecule has 27 heavy (non-hydrogen) atoms. The van der Waals surface area contributed by atoms with Crippen molar-refractivity contribution < 1.29 is 4.74 Å². The Morgan fingerprint density at radius 3 is 2.96 bits per heavy atom. The number of fused-ring (bicyclic) bond motifs is 1. The summed E-state index contributed by atoms with van der Waals surface area (Å²) in [6.07, 6.45) is 6.96. The molecule has 3 atom stereocenters. The highest BCUT2D eigenvalue weighted by Gasteiger charge is 2.36. The molecular weight excluding hydrogens is 342 g/mol. The van der Waals surface area contributed by atoms with E-state index >= 15 is 0 Å². The smallest absolute Gasteiger partial charge is 0.200 e. The molecule has 0 amide bonds. The van der Waals surface area contributed by atoms with Gasteiger partial charge in [-0.1, -0.05) is 6.07 Å². The summed E-state index contributed by atoms with van der Waals surface area (Å²) in [6.45, 7) is 1.72. The fourth-order valence-electron chi connectivity index (χ4n) is 4.18. The van der Waals surface area contributed by atoms with Crippen LogP contribution in [0.25, 0.3) is 17.3 Å². The predicted molar refractivity (Wildman–Crippen MR) is 99.5 cm³/mol. The zero-order valence-corrected chi connectivity index (χ0v) is 15.3. The first-order chi connectivity index (χ1) is 13.3. The van der Waals surface area contributed by atoms with Crippen molar-refractivity contribution in [2.24, 2.45) is 7.05 Å². The molecule has 0 bridgehead atoms. The summed E-state index contributed by atoms with van der Waals surface area (Å²) in [5.41, 5.74) is 0.785. The lowest BCUT2D eigenvalue weighted by Gasteiger charge is -2.39. The molecule has 2 fully saturated rings. The van der Waals surface area contributed by atoms with Crippen LogP contribution >= 0.6 is 0 Å². The van der Waals surface area contributed by atoms with Crippen LogP contribution in [-0.2, 0) is 11.8 Å². The lowest BCUT2D eigenvalue weighted by atomic mass is 9.82. The van der Waals surface area contributed by atoms with Gasteiger partial charge in [-0.15, -0.1) is 5.10 Å². The third-order valence-electron chi connectivity index (χ3n) is 5.53. The minimum Gasteiger partial charge on any atom is -0.375 e. The number of morpholine rings is 1. The normalized spacial score (nSPS) is 25.3. The van der Waals surface area contributed by atoms with E-state index in [1.165, 1.54) is 0 Å². The van der Waals surface area contributed by atoms with Crippen LogP contribution < -0.4 is 5.32 Å². The van der Waals surface area contributed by atoms with E-state index in [9.17, 15) is 0 Å². The molecule has 1 N–H and O–H groups in total. The Morgan fingerprint density at radius 1 is 1.19 bits per heavy atom. The van der Waals surface area contributed by atoms with Gasteiger partial charge in [-0.3, -0.25) is 9.67 Å². The number of aryl methyl sites for hydroxylation is 1. The molecule has 1 aliphatic heterocycles. The SMILES string of the molecule is Cn1nccc1-n1nc(-c2ccccn2)nc1[C@H]1CC[C@H]2OCCN[C@@H]2C1. The fourth-order valence-corrected chi connectivity index (χ4v) is 4.18. The minimum atomic E-state index is 0.318. The lowest BCUT2D eigenvalue weighted by molar-refractivity contribution is -0.0281. The Bertz CT molecular complexity index is 919. The van der Waals surface area contributed by atoms with Crippen LogP contribution in [0.5, 0.6) is 0 Å². The van der Waals surface area contributed by atoms with Crippen LogP contribution in [0.3, 0.4) is 0 Å². The van der Waals surface area contributed by atoms with Crippen molar-refractivity contribution in [3.63, 3.8) is 0 Å². The molecule has 140 valence electrons. The van der Waals surface area contributed by atoms with Crippen molar-refractivity contribution in [2.45, 2.75) is 37.3 Å². The Hall–Kier alpha value is -2.58. The molecule has 4 heterocycles. The first-order valence-electron chi connectivity index (χ1n) is 9.51. The zero-order chi connectivity index (χ0) is 18.2. The number of hydrogen-bond donors (Lipinski definition) is 1. The maximum Gasteiger partial charge on any atom is 0.200 e. The maximum absolute atomic E-state index is 5.93. The molecule has 0 spiro atoms. The standard InChI is InChI=1S/C19H23N7O/c1-25-17(7-9-22-25)26-19(23-18(24-26)14-4-2-3-8-20-14)13-5-6-16-15(12-13)21-10-11-27-16/h2-4,7-9,13,15-16,21H,5-6,10-12H2,1H3/t13-,15+,16+/m0/s1. The molecule has 1 saturated carbocycles. The van der Waals surface area contributed by atoms with Crippen LogP contribution in [0.2, 0.25) is 0 Å². The summed E-state index contributed by atoms with van der Waals surface area (Å²) in [6, 6.07) is 8.15. The monoisotopic (exact) mass is 365 g/mol. The fraction of sp³-hybridized carbons (Fsp3) is 0.474. The third kappa shape index (κ3) is 3.04. The molecule has 8 heteroatoms. The summed E-state index contributed by atoms with van der Waals surface area (Å²) in [7, 11) is 1.93. The average molecular weight is 365 g/mol. The lowest BCUT2D eigenvalue weighted by Crippen LogP contribution is -2.51. The van der Waals surface area contributed by atoms with Crippen molar-refractivity contribution in [1.82, 2.24) is 34.8 Å². The highest BCUT2D eigenvalue weighted by atomic mass is 16.5. The van der Waals surface area contributed by atoms with Crippen LogP contribution in [0, 0.1) is 0 Å². The first-order valence-corrected chi connectivity index (χ1v) is 9.51. The summed E-state index contributed by atoms with van der Waals surface area (Å²) in [5, 5.41) is 12.7. The highest BCUT2D eigenvalue weighted by Crippen LogP contribution is 2.36. The summed E-state index contributed by atoms with van der Waals surface area (Å²) in [4.78, 5) is 9.34. The van der Waals surface area contributed by atoms with Gasteiger partial charge in [0.05, 0.1) is 18.9 Å². The van der Waals surface area contributed by atoms with Gasteiger partial charge in [0.25, 0.3) is 0 Å². The van der Waals surface area contributed by atoms with Crippen LogP contribution in [0.4, 0.5) is 0 Å². The zero-order valence-electron chi connectivity index (χ0n) is 15.3. The molecule has 0 unspecified atom stereocenters. The Balaban J connectivity index is 1.54. The number of pyridine rings is 1. The first kappa shape index (κ1) is 16.6. The minimum absolute atomic E-state index is 0.318. The molecule has 8 nitrogen and oxygen atoms in total. The van der Waals surface area contributed by atoms with Gasteiger partial charge < -0.3 is 10.1 Å². The highest BCUT2D eigenvalue weighted by molar-refractivity contribution is 5.48. The Kier molecular flexibility index (Phi) is 4.21. The molecular formula is C19H23N7O. The van der Waals surface area contributed by atoms with Crippen LogP contribution in [0.1, 0.15) is 31.0 Å². The summed E-state index contributed by atoms with van der Waals surface area (Å²) >= 11 is 0. The van der Waals surface area contributed by atoms with E-state index in [-0.39, 0.29) is 0 Å². The molecule has 5 rings (SSSR count). The van der Waals surface area contributed by atoms with E-state index in [1.807, 2.05) is 40.7 Å². The molecule has 3 aromatic heterocycles. The number of rotatable bonds is 3. The Labute approximate surface area is 157 Å². The van der Waals surface area contributed by atoms with E-state index in [1.54, 1.807) is 12.4 Å². The van der Waals surface area contributed by atoms with Crippen LogP contribution in [-0.4, -0.2) is 54.8 Å². The van der Waals surface area contributed by atoms with Crippen LogP contribution in [0.15, 0.2) is 36.7 Å². The molecule has 3 aromatic rings. The van der Waals surface area contributed by atoms with E-state index in [0.717, 1.165) is 49.8 Å². The Morgan fingerprint density at radius 2 is 2.15 bits per heavy atom. The number of aromatic nitrogens is 6. The third-order valence-corrected chi connectivity index (χ3v) is 5.53. The van der Waals surface area contributed by atoms with Crippen molar-refractivity contribution in [2.75, 3.05) is 13.2 Å². The van der Waals surface area contributed by atoms with Gasteiger partial charge in [-0.25, -0.2) is 4.98 Å². The number of hydrogen-bond acceptors (Lipinski definition) is 6. The second-order valence-corrected chi connectivity index (χ2v) is 7.21. The van der Waals surface area contributed by atoms with Gasteiger partial charge in [-0.05, 0) is 31.4 Å². The average Bonchev–Trinajstić information content (AvgIpc) is 3.34. The van der Waals surface area contributed by atoms with E-state index < -0.39 is 0 Å². The molecule has 1 aliphatic carbocycles. The molecule has 0 aromatic carbocycles. The van der Waals surface area contributed by atoms with Crippen molar-refractivity contribution in [3.8, 4) is 17.3 Å². The van der Waals surface area contributed by atoms with Gasteiger partial charge in [-0.2, -0.15) is 9.78 Å². The second-order valence-electron chi connectivity index (χ2n) is 7.21. The van der Waals surface area contributed by atoms with Gasteiger partial charge >= 0.3 is 0 Å². The number of nitrogens with one attached hydrogen (secondary N) is 1. The van der Waals surface area contributed by atoms with E-state index in [4.69, 9.17) is 14.8 Å². The summed E-state index contributed by atoms with van der Waals surface area (Å²) in [5.74, 6) is 2.86. The molecule has 1 saturated heterocycles. The predicted octanol–water partition coefficient (Wildman–Crippen LogP) is 1.69. The number of ether oxygens (including phenoxy) is 1. The van der Waals surface area contributed by atoms with Gasteiger partial charge in [0.1, 0.15) is 11.5 Å². The molecule has 0 radical (unpaired) electrons. The molecule has 2 aliphatic rings. The quantitative estimate of drug-likeness (QED) is 0.761. The van der Waals surface area contributed by atoms with Crippen molar-refractivity contribution in [1.29, 1.82) is 0 Å². The van der Waals surface area contributed by atoms with Crippen molar-refractivity contribution >= 4 is 0 Å². The van der Waals surface area contributed by atoms with E-state index in [0.29, 0.717) is 23.9 Å². The second kappa shape index (κ2) is 6.86. The van der Waals surface area contributed by atoms with Gasteiger partial charge in [0.15, 0.2) is 5.82 Å². The number of nitrogens with zero attached hydrogens (tertiary/aromatic N) is 6.